The topological polar surface area (TPSA) is 25.8 Å². The summed E-state index contributed by atoms with van der Waals surface area (Å²) in [5.41, 5.74) is 14.3. The standard InChI is InChI=1S/C48H32N2/c1-2-9-33(10-3-1)36-11-6-14-39(29-36)40-19-20-45-46(32-40)48(42-16-8-13-38(31-42)35-23-27-50-28-24-35)44-18-5-4-17-43(44)47(45)41-15-7-12-37(30-41)34-21-25-49-26-22-34/h1-32H. The van der Waals surface area contributed by atoms with Crippen LogP contribution in [0.5, 0.6) is 0 Å². The molecule has 9 aromatic rings. The van der Waals surface area contributed by atoms with Crippen molar-refractivity contribution < 1.29 is 0 Å². The highest BCUT2D eigenvalue weighted by Gasteiger charge is 2.18. The first-order valence-corrected chi connectivity index (χ1v) is 17.0. The molecule has 2 heteroatoms. The fourth-order valence-electron chi connectivity index (χ4n) is 7.29. The Bertz CT molecular complexity index is 2630. The summed E-state index contributed by atoms with van der Waals surface area (Å²) in [6.45, 7) is 0. The summed E-state index contributed by atoms with van der Waals surface area (Å²) in [4.78, 5) is 8.51. The zero-order valence-corrected chi connectivity index (χ0v) is 27.4. The normalized spacial score (nSPS) is 11.2. The van der Waals surface area contributed by atoms with E-state index in [2.05, 4.69) is 180 Å². The van der Waals surface area contributed by atoms with Gasteiger partial charge in [0.2, 0.25) is 0 Å². The van der Waals surface area contributed by atoms with Crippen molar-refractivity contribution in [3.63, 3.8) is 0 Å². The first-order chi connectivity index (χ1) is 24.8. The van der Waals surface area contributed by atoms with Crippen LogP contribution in [-0.2, 0) is 0 Å². The van der Waals surface area contributed by atoms with E-state index in [9.17, 15) is 0 Å². The smallest absolute Gasteiger partial charge is 0.0273 e. The lowest BCUT2D eigenvalue weighted by Gasteiger charge is -2.19. The zero-order chi connectivity index (χ0) is 33.3. The third kappa shape index (κ3) is 5.43. The third-order valence-corrected chi connectivity index (χ3v) is 9.66. The highest BCUT2D eigenvalue weighted by Crippen LogP contribution is 2.46. The molecular formula is C48H32N2. The van der Waals surface area contributed by atoms with Gasteiger partial charge in [-0.05, 0) is 137 Å². The van der Waals surface area contributed by atoms with E-state index >= 15 is 0 Å². The molecule has 7 aromatic carbocycles. The van der Waals surface area contributed by atoms with Gasteiger partial charge in [0.15, 0.2) is 0 Å². The number of fused-ring (bicyclic) bond motifs is 2. The Morgan fingerprint density at radius 3 is 1.12 bits per heavy atom. The maximum absolute atomic E-state index is 4.26. The number of pyridine rings is 2. The summed E-state index contributed by atoms with van der Waals surface area (Å²) in [7, 11) is 0. The Balaban J connectivity index is 1.33. The van der Waals surface area contributed by atoms with Crippen molar-refractivity contribution in [2.75, 3.05) is 0 Å². The zero-order valence-electron chi connectivity index (χ0n) is 27.4. The van der Waals surface area contributed by atoms with Crippen molar-refractivity contribution in [3.05, 3.63) is 195 Å². The van der Waals surface area contributed by atoms with Crippen molar-refractivity contribution in [3.8, 4) is 66.8 Å². The molecule has 0 radical (unpaired) electrons. The van der Waals surface area contributed by atoms with Crippen LogP contribution in [0.4, 0.5) is 0 Å². The van der Waals surface area contributed by atoms with Gasteiger partial charge in [0, 0.05) is 24.8 Å². The maximum Gasteiger partial charge on any atom is 0.0273 e. The molecule has 2 aromatic heterocycles. The second-order valence-electron chi connectivity index (χ2n) is 12.6. The van der Waals surface area contributed by atoms with Gasteiger partial charge in [-0.15, -0.1) is 0 Å². The van der Waals surface area contributed by atoms with Gasteiger partial charge in [0.05, 0.1) is 0 Å². The Morgan fingerprint density at radius 1 is 0.220 bits per heavy atom. The second kappa shape index (κ2) is 12.8. The molecule has 0 amide bonds. The van der Waals surface area contributed by atoms with Crippen LogP contribution >= 0.6 is 0 Å². The van der Waals surface area contributed by atoms with E-state index in [4.69, 9.17) is 0 Å². The van der Waals surface area contributed by atoms with E-state index in [1.54, 1.807) is 0 Å². The van der Waals surface area contributed by atoms with Crippen LogP contribution in [0.3, 0.4) is 0 Å². The fraction of sp³-hybridized carbons (Fsp3) is 0. The van der Waals surface area contributed by atoms with Crippen LogP contribution in [0.15, 0.2) is 195 Å². The molecule has 0 aliphatic carbocycles. The molecule has 0 bridgehead atoms. The first-order valence-electron chi connectivity index (χ1n) is 17.0. The van der Waals surface area contributed by atoms with Gasteiger partial charge in [0.25, 0.3) is 0 Å². The lowest BCUT2D eigenvalue weighted by Crippen LogP contribution is -1.93. The second-order valence-corrected chi connectivity index (χ2v) is 12.6. The maximum atomic E-state index is 4.26. The molecule has 0 aliphatic rings. The molecule has 9 rings (SSSR count). The number of benzene rings is 7. The van der Waals surface area contributed by atoms with Gasteiger partial charge < -0.3 is 0 Å². The van der Waals surface area contributed by atoms with Gasteiger partial charge >= 0.3 is 0 Å². The van der Waals surface area contributed by atoms with E-state index in [0.29, 0.717) is 0 Å². The summed E-state index contributed by atoms with van der Waals surface area (Å²) in [5.74, 6) is 0. The van der Waals surface area contributed by atoms with Gasteiger partial charge in [-0.3, -0.25) is 9.97 Å². The largest absolute Gasteiger partial charge is 0.265 e. The fourth-order valence-corrected chi connectivity index (χ4v) is 7.29. The van der Waals surface area contributed by atoms with Gasteiger partial charge in [-0.2, -0.15) is 0 Å². The van der Waals surface area contributed by atoms with Crippen LogP contribution in [-0.4, -0.2) is 9.97 Å². The predicted octanol–water partition coefficient (Wildman–Crippen LogP) is 12.8. The Labute approximate surface area is 292 Å². The summed E-state index contributed by atoms with van der Waals surface area (Å²) in [6, 6.07) is 61.5. The third-order valence-electron chi connectivity index (χ3n) is 9.66. The molecule has 234 valence electrons. The van der Waals surface area contributed by atoms with Crippen LogP contribution in [0.25, 0.3) is 88.3 Å². The quantitative estimate of drug-likeness (QED) is 0.170. The summed E-state index contributed by atoms with van der Waals surface area (Å²) >= 11 is 0. The predicted molar refractivity (Wildman–Crippen MR) is 210 cm³/mol. The highest BCUT2D eigenvalue weighted by atomic mass is 14.6. The van der Waals surface area contributed by atoms with E-state index in [0.717, 1.165) is 11.1 Å². The van der Waals surface area contributed by atoms with Crippen molar-refractivity contribution in [1.29, 1.82) is 0 Å². The summed E-state index contributed by atoms with van der Waals surface area (Å²) in [5, 5.41) is 4.91. The molecule has 0 saturated heterocycles. The van der Waals surface area contributed by atoms with Crippen LogP contribution in [0.1, 0.15) is 0 Å². The molecule has 0 N–H and O–H groups in total. The van der Waals surface area contributed by atoms with E-state index in [-0.39, 0.29) is 0 Å². The Hall–Kier alpha value is -6.64. The first kappa shape index (κ1) is 29.5. The molecular weight excluding hydrogens is 605 g/mol. The van der Waals surface area contributed by atoms with Gasteiger partial charge in [0.1, 0.15) is 0 Å². The van der Waals surface area contributed by atoms with Crippen LogP contribution in [0.2, 0.25) is 0 Å². The number of hydrogen-bond donors (Lipinski definition) is 0. The van der Waals surface area contributed by atoms with E-state index in [1.165, 1.54) is 77.2 Å². The number of nitrogens with zero attached hydrogens (tertiary/aromatic N) is 2. The van der Waals surface area contributed by atoms with E-state index in [1.807, 2.05) is 24.8 Å². The molecule has 0 fully saturated rings. The monoisotopic (exact) mass is 636 g/mol. The molecule has 2 heterocycles. The lowest BCUT2D eigenvalue weighted by molar-refractivity contribution is 1.33. The van der Waals surface area contributed by atoms with Crippen molar-refractivity contribution in [1.82, 2.24) is 9.97 Å². The molecule has 50 heavy (non-hydrogen) atoms. The molecule has 0 spiro atoms. The molecule has 0 aliphatic heterocycles. The summed E-state index contributed by atoms with van der Waals surface area (Å²) in [6.07, 6.45) is 7.43. The van der Waals surface area contributed by atoms with E-state index < -0.39 is 0 Å². The minimum Gasteiger partial charge on any atom is -0.265 e. The lowest BCUT2D eigenvalue weighted by atomic mass is 9.84. The Morgan fingerprint density at radius 2 is 0.580 bits per heavy atom. The van der Waals surface area contributed by atoms with Crippen molar-refractivity contribution in [2.45, 2.75) is 0 Å². The molecule has 0 saturated carbocycles. The average Bonchev–Trinajstić information content (AvgIpc) is 3.21. The van der Waals surface area contributed by atoms with Gasteiger partial charge in [-0.25, -0.2) is 0 Å². The summed E-state index contributed by atoms with van der Waals surface area (Å²) < 4.78 is 0. The molecule has 0 atom stereocenters. The highest BCUT2D eigenvalue weighted by molar-refractivity contribution is 6.22. The SMILES string of the molecule is c1ccc(-c2cccc(-c3ccc4c(-c5cccc(-c6ccncc6)c5)c5ccccc5c(-c5cccc(-c6ccncc6)c5)c4c3)c2)cc1. The number of rotatable bonds is 6. The van der Waals surface area contributed by atoms with Gasteiger partial charge in [-0.1, -0.05) is 121 Å². The molecule has 2 nitrogen and oxygen atoms in total. The number of hydrogen-bond acceptors (Lipinski definition) is 2. The Kier molecular flexibility index (Phi) is 7.53. The van der Waals surface area contributed by atoms with Crippen LogP contribution < -0.4 is 0 Å². The minimum absolute atomic E-state index is 1.15. The average molecular weight is 637 g/mol. The number of aromatic nitrogens is 2. The van der Waals surface area contributed by atoms with Crippen LogP contribution in [0, 0.1) is 0 Å². The van der Waals surface area contributed by atoms with Crippen molar-refractivity contribution >= 4 is 21.5 Å². The van der Waals surface area contributed by atoms with Crippen molar-refractivity contribution in [2.24, 2.45) is 0 Å². The molecule has 0 unspecified atom stereocenters. The minimum atomic E-state index is 1.15.